The van der Waals surface area contributed by atoms with Crippen LogP contribution in [0.5, 0.6) is 0 Å². The molecule has 0 aromatic heterocycles. The topological polar surface area (TPSA) is 136 Å². The largest absolute Gasteiger partial charge is 0.607 e. The maximum absolute atomic E-state index is 12.0. The number of carbonyl (C=O) groups is 4. The first kappa shape index (κ1) is 25.5. The first-order chi connectivity index (χ1) is 13.0. The Bertz CT molecular complexity index is 570. The average molecular weight is 401 g/mol. The molecule has 0 aromatic rings. The van der Waals surface area contributed by atoms with Gasteiger partial charge in [-0.2, -0.15) is 7.05 Å². The van der Waals surface area contributed by atoms with Gasteiger partial charge in [0.1, 0.15) is 6.04 Å². The van der Waals surface area contributed by atoms with Crippen LogP contribution in [0.15, 0.2) is 0 Å². The van der Waals surface area contributed by atoms with Crippen molar-refractivity contribution in [3.8, 4) is 0 Å². The van der Waals surface area contributed by atoms with Gasteiger partial charge in [0.05, 0.1) is 18.7 Å². The number of alkyl carbamates (subject to hydrolysis) is 1. The molecule has 0 rings (SSSR count). The number of nitrogens with zero attached hydrogens (tertiary/aromatic N) is 1. The molecule has 0 aliphatic rings. The molecular weight excluding hydrogens is 370 g/mol. The van der Waals surface area contributed by atoms with Crippen molar-refractivity contribution in [3.63, 3.8) is 0 Å². The van der Waals surface area contributed by atoms with Crippen LogP contribution in [-0.4, -0.2) is 62.7 Å². The molecule has 28 heavy (non-hydrogen) atoms. The van der Waals surface area contributed by atoms with Gasteiger partial charge in [-0.15, -0.1) is 0 Å². The lowest BCUT2D eigenvalue weighted by Gasteiger charge is -2.22. The van der Waals surface area contributed by atoms with Gasteiger partial charge in [0.2, 0.25) is 18.3 Å². The van der Waals surface area contributed by atoms with Gasteiger partial charge in [-0.05, 0) is 34.1 Å². The molecule has 0 aromatic carbocycles. The van der Waals surface area contributed by atoms with E-state index in [0.29, 0.717) is 6.67 Å². The second-order valence-corrected chi connectivity index (χ2v) is 6.91. The number of hydrogen-bond acceptors (Lipinski definition) is 7. The van der Waals surface area contributed by atoms with Gasteiger partial charge >= 0.3 is 18.0 Å². The van der Waals surface area contributed by atoms with E-state index in [4.69, 9.17) is 14.2 Å². The van der Waals surface area contributed by atoms with E-state index in [1.54, 1.807) is 34.7 Å². The fraction of sp³-hybridized carbons (Fsp3) is 0.722. The van der Waals surface area contributed by atoms with E-state index in [-0.39, 0.29) is 25.2 Å². The first-order valence-electron chi connectivity index (χ1n) is 9.01. The van der Waals surface area contributed by atoms with Crippen LogP contribution in [0.3, 0.4) is 0 Å². The van der Waals surface area contributed by atoms with Crippen LogP contribution in [0.2, 0.25) is 0 Å². The molecular formula is C18H31N3O7. The number of rotatable bonds is 11. The highest BCUT2D eigenvalue weighted by Crippen LogP contribution is 2.16. The molecule has 2 unspecified atom stereocenters. The van der Waals surface area contributed by atoms with E-state index in [1.165, 1.54) is 13.1 Å². The van der Waals surface area contributed by atoms with Gasteiger partial charge < -0.3 is 24.8 Å². The van der Waals surface area contributed by atoms with Gasteiger partial charge in [0, 0.05) is 13.3 Å². The number of hydrogen-bond donors (Lipinski definition) is 2. The summed E-state index contributed by atoms with van der Waals surface area (Å²) in [5.74, 6) is -1.49. The summed E-state index contributed by atoms with van der Waals surface area (Å²) in [6.07, 6.45) is -0.848. The van der Waals surface area contributed by atoms with Gasteiger partial charge in [-0.1, -0.05) is 0 Å². The van der Waals surface area contributed by atoms with Gasteiger partial charge in [-0.25, -0.2) is 9.59 Å². The Balaban J connectivity index is 4.73. The van der Waals surface area contributed by atoms with E-state index in [1.807, 2.05) is 0 Å². The maximum atomic E-state index is 12.0. The first-order valence-corrected chi connectivity index (χ1v) is 9.01. The fourth-order valence-electron chi connectivity index (χ4n) is 1.78. The predicted octanol–water partition coefficient (Wildman–Crippen LogP) is 0.0413. The Hall–Kier alpha value is -2.49. The zero-order valence-electron chi connectivity index (χ0n) is 17.4. The molecule has 0 spiro atoms. The van der Waals surface area contributed by atoms with Gasteiger partial charge in [-0.3, -0.25) is 14.6 Å². The van der Waals surface area contributed by atoms with Crippen LogP contribution in [0.25, 0.3) is 5.32 Å². The third kappa shape index (κ3) is 11.3. The van der Waals surface area contributed by atoms with Crippen LogP contribution >= 0.6 is 0 Å². The standard InChI is InChI=1S/C18H30N3O7/c1-7-26-15(23)14(9-8-13(22)10-20-11-19-6)21-17(25)28-12(2)27-16(24)18(3,4)5/h10,12,14H,7-9,11H2,1-6H3,(H,21,25)/q-1/p+1/b20-10+. The molecule has 1 amide bonds. The molecule has 0 radical (unpaired) electrons. The molecule has 2 atom stereocenters. The molecule has 2 N–H and O–H groups in total. The molecule has 0 aliphatic carbocycles. The number of ether oxygens (including phenoxy) is 3. The molecule has 0 aliphatic heterocycles. The zero-order valence-corrected chi connectivity index (χ0v) is 17.4. The van der Waals surface area contributed by atoms with E-state index in [9.17, 15) is 19.2 Å². The van der Waals surface area contributed by atoms with Gasteiger partial charge in [0.15, 0.2) is 0 Å². The number of esters is 2. The summed E-state index contributed by atoms with van der Waals surface area (Å²) in [5.41, 5.74) is -0.752. The van der Waals surface area contributed by atoms with Crippen molar-refractivity contribution in [1.29, 1.82) is 0 Å². The summed E-state index contributed by atoms with van der Waals surface area (Å²) < 4.78 is 14.9. The Kier molecular flexibility index (Phi) is 11.7. The smallest absolute Gasteiger partial charge is 0.410 e. The van der Waals surface area contributed by atoms with Crippen molar-refractivity contribution in [2.24, 2.45) is 5.41 Å². The summed E-state index contributed by atoms with van der Waals surface area (Å²) in [6.45, 7) is 8.40. The second-order valence-electron chi connectivity index (χ2n) is 6.91. The van der Waals surface area contributed by atoms with E-state index in [0.717, 1.165) is 0 Å². The monoisotopic (exact) mass is 401 g/mol. The average Bonchev–Trinajstić information content (AvgIpc) is 2.57. The van der Waals surface area contributed by atoms with Crippen LogP contribution in [0.1, 0.15) is 47.5 Å². The van der Waals surface area contributed by atoms with Crippen molar-refractivity contribution in [2.45, 2.75) is 59.8 Å². The Morgan fingerprint density at radius 2 is 1.82 bits per heavy atom. The third-order valence-corrected chi connectivity index (χ3v) is 3.21. The summed E-state index contributed by atoms with van der Waals surface area (Å²) in [4.78, 5) is 50.3. The predicted molar refractivity (Wildman–Crippen MR) is 100 cm³/mol. The molecule has 0 saturated carbocycles. The van der Waals surface area contributed by atoms with Crippen LogP contribution in [0.4, 0.5) is 4.79 Å². The quantitative estimate of drug-likeness (QED) is 0.283. The number of carbonyl (C=O) groups excluding carboxylic acids is 4. The Labute approximate surface area is 165 Å². The number of Topliss-reactive ketones (excluding diaryl/α,β-unsaturated/α-hetero) is 1. The lowest BCUT2D eigenvalue weighted by Crippen LogP contribution is -2.69. The van der Waals surface area contributed by atoms with Crippen LogP contribution in [-0.2, 0) is 28.6 Å². The van der Waals surface area contributed by atoms with Crippen molar-refractivity contribution < 1.29 is 38.4 Å². The molecule has 160 valence electrons. The molecule has 10 heteroatoms. The summed E-state index contributed by atoms with van der Waals surface area (Å²) >= 11 is 0. The van der Waals surface area contributed by atoms with E-state index in [2.05, 4.69) is 15.6 Å². The summed E-state index contributed by atoms with van der Waals surface area (Å²) in [6, 6.07) is -1.08. The zero-order chi connectivity index (χ0) is 21.7. The minimum absolute atomic E-state index is 0.00492. The van der Waals surface area contributed by atoms with E-state index < -0.39 is 35.8 Å². The Morgan fingerprint density at radius 1 is 1.18 bits per heavy atom. The fourth-order valence-corrected chi connectivity index (χ4v) is 1.78. The molecule has 0 fully saturated rings. The van der Waals surface area contributed by atoms with Crippen molar-refractivity contribution >= 4 is 30.0 Å². The van der Waals surface area contributed by atoms with Crippen molar-refractivity contribution in [2.75, 3.05) is 20.3 Å². The number of nitrogens with one attached hydrogen (secondary N) is 2. The van der Waals surface area contributed by atoms with E-state index >= 15 is 0 Å². The van der Waals surface area contributed by atoms with Crippen LogP contribution in [0, 0.1) is 5.41 Å². The maximum Gasteiger partial charge on any atom is 0.410 e. The summed E-state index contributed by atoms with van der Waals surface area (Å²) in [7, 11) is 1.59. The minimum atomic E-state index is -1.15. The molecule has 0 saturated heterocycles. The SMILES string of the molecule is CCOC(=O)C(CCC(=O)/C=[NH+]/C[N-]C)NC(=O)OC(C)OC(=O)C(C)(C)C. The lowest BCUT2D eigenvalue weighted by atomic mass is 9.97. The molecule has 10 nitrogen and oxygen atoms in total. The normalized spacial score (nSPS) is 13.5. The van der Waals surface area contributed by atoms with Gasteiger partial charge in [0.25, 0.3) is 0 Å². The number of ketones is 1. The third-order valence-electron chi connectivity index (χ3n) is 3.21. The highest BCUT2D eigenvalue weighted by atomic mass is 16.7. The Morgan fingerprint density at radius 3 is 2.36 bits per heavy atom. The molecule has 0 bridgehead atoms. The second kappa shape index (κ2) is 12.8. The number of amides is 1. The van der Waals surface area contributed by atoms with Crippen molar-refractivity contribution in [3.05, 3.63) is 5.32 Å². The lowest BCUT2D eigenvalue weighted by molar-refractivity contribution is -0.440. The minimum Gasteiger partial charge on any atom is -0.607 e. The van der Waals surface area contributed by atoms with Crippen LogP contribution < -0.4 is 10.3 Å². The highest BCUT2D eigenvalue weighted by Gasteiger charge is 2.28. The summed E-state index contributed by atoms with van der Waals surface area (Å²) in [5, 5.41) is 6.11. The molecule has 0 heterocycles. The van der Waals surface area contributed by atoms with Crippen molar-refractivity contribution in [1.82, 2.24) is 5.32 Å². The highest BCUT2D eigenvalue weighted by molar-refractivity contribution is 6.25.